The molecular formula is C28H26F5N7O4S. The maximum Gasteiger partial charge on any atom is 0.573 e. The van der Waals surface area contributed by atoms with Crippen LogP contribution in [0.25, 0.3) is 11.3 Å². The van der Waals surface area contributed by atoms with Gasteiger partial charge in [-0.25, -0.2) is 37.1 Å². The minimum Gasteiger partial charge on any atom is -0.406 e. The van der Waals surface area contributed by atoms with Crippen molar-refractivity contribution >= 4 is 33.0 Å². The van der Waals surface area contributed by atoms with E-state index < -0.39 is 40.0 Å². The number of rotatable bonds is 9. The molecule has 1 atom stereocenters. The fourth-order valence-corrected chi connectivity index (χ4v) is 6.27. The Hall–Kier alpha value is -4.51. The number of carbonyl (C=O) groups excluding carboxylic acids is 1. The zero-order valence-electron chi connectivity index (χ0n) is 23.6. The molecule has 2 aromatic carbocycles. The van der Waals surface area contributed by atoms with Crippen LogP contribution in [0.4, 0.5) is 27.8 Å². The lowest BCUT2D eigenvalue weighted by atomic mass is 10.0. The van der Waals surface area contributed by atoms with Crippen molar-refractivity contribution in [3.8, 4) is 5.75 Å². The van der Waals surface area contributed by atoms with E-state index in [-0.39, 0.29) is 54.4 Å². The predicted octanol–water partition coefficient (Wildman–Crippen LogP) is 4.02. The molecule has 11 nitrogen and oxygen atoms in total. The fourth-order valence-electron chi connectivity index (χ4n) is 4.70. The van der Waals surface area contributed by atoms with E-state index in [4.69, 9.17) is 0 Å². The summed E-state index contributed by atoms with van der Waals surface area (Å²) >= 11 is 0. The lowest BCUT2D eigenvalue weighted by Crippen LogP contribution is -2.60. The highest BCUT2D eigenvalue weighted by molar-refractivity contribution is 7.89. The number of aromatic nitrogens is 4. The van der Waals surface area contributed by atoms with Gasteiger partial charge in [-0.05, 0) is 29.8 Å². The van der Waals surface area contributed by atoms with Gasteiger partial charge in [0, 0.05) is 50.6 Å². The van der Waals surface area contributed by atoms with Gasteiger partial charge >= 0.3 is 6.36 Å². The maximum atomic E-state index is 14.0. The summed E-state index contributed by atoms with van der Waals surface area (Å²) in [4.78, 5) is 31.7. The first kappa shape index (κ1) is 31.9. The Labute approximate surface area is 254 Å². The number of hydrogen-bond acceptors (Lipinski definition) is 9. The van der Waals surface area contributed by atoms with Crippen LogP contribution >= 0.6 is 0 Å². The fraction of sp³-hybridized carbons (Fsp3) is 0.321. The number of halogens is 5. The highest BCUT2D eigenvalue weighted by Crippen LogP contribution is 2.31. The van der Waals surface area contributed by atoms with E-state index in [2.05, 4.69) is 30.0 Å². The van der Waals surface area contributed by atoms with Gasteiger partial charge in [0.25, 0.3) is 5.92 Å². The molecule has 0 spiro atoms. The Kier molecular flexibility index (Phi) is 8.84. The molecule has 1 saturated heterocycles. The second-order valence-electron chi connectivity index (χ2n) is 10.0. The largest absolute Gasteiger partial charge is 0.573 e. The molecule has 0 radical (unpaired) electrons. The number of carbonyl (C=O) groups is 1. The Balaban J connectivity index is 1.40. The summed E-state index contributed by atoms with van der Waals surface area (Å²) in [5, 5.41) is 2.67. The van der Waals surface area contributed by atoms with Gasteiger partial charge in [0.05, 0.1) is 11.1 Å². The van der Waals surface area contributed by atoms with E-state index in [1.165, 1.54) is 49.8 Å². The van der Waals surface area contributed by atoms with Gasteiger partial charge in [0.1, 0.15) is 17.6 Å². The first-order chi connectivity index (χ1) is 21.3. The van der Waals surface area contributed by atoms with Crippen molar-refractivity contribution < 1.29 is 39.9 Å². The van der Waals surface area contributed by atoms with E-state index in [9.17, 15) is 35.2 Å². The third-order valence-corrected chi connectivity index (χ3v) is 9.01. The van der Waals surface area contributed by atoms with Gasteiger partial charge in [0.15, 0.2) is 11.3 Å². The highest BCUT2D eigenvalue weighted by atomic mass is 32.2. The molecule has 17 heteroatoms. The maximum absolute atomic E-state index is 14.0. The van der Waals surface area contributed by atoms with Crippen molar-refractivity contribution in [2.24, 2.45) is 0 Å². The molecular weight excluding hydrogens is 625 g/mol. The van der Waals surface area contributed by atoms with Crippen molar-refractivity contribution in [2.45, 2.75) is 43.1 Å². The van der Waals surface area contributed by atoms with E-state index >= 15 is 0 Å². The number of ether oxygens (including phenoxy) is 1. The van der Waals surface area contributed by atoms with Crippen molar-refractivity contribution in [3.63, 3.8) is 0 Å². The van der Waals surface area contributed by atoms with Crippen LogP contribution in [-0.2, 0) is 27.3 Å². The van der Waals surface area contributed by atoms with Crippen LogP contribution in [0.15, 0.2) is 72.0 Å². The first-order valence-corrected chi connectivity index (χ1v) is 15.0. The summed E-state index contributed by atoms with van der Waals surface area (Å²) in [6.45, 7) is 1.01. The smallest absolute Gasteiger partial charge is 0.406 e. The van der Waals surface area contributed by atoms with E-state index in [0.29, 0.717) is 11.4 Å². The molecule has 1 aliphatic heterocycles. The van der Waals surface area contributed by atoms with E-state index in [1.807, 2.05) is 0 Å². The van der Waals surface area contributed by atoms with E-state index in [1.54, 1.807) is 4.90 Å². The second-order valence-corrected chi connectivity index (χ2v) is 11.9. The van der Waals surface area contributed by atoms with Crippen molar-refractivity contribution in [3.05, 3.63) is 78.2 Å². The SMILES string of the molecule is CCC(F)(F)c1ccc(CNC(=O)[C@H]2CN(c3cnc4nccnc4n3)CCN2S(=O)(=O)c2ccc(OC(F)(F)F)cc2)cc1. The Bertz CT molecular complexity index is 1780. The minimum atomic E-state index is -4.96. The van der Waals surface area contributed by atoms with Crippen LogP contribution in [0, 0.1) is 0 Å². The molecule has 0 unspecified atom stereocenters. The lowest BCUT2D eigenvalue weighted by molar-refractivity contribution is -0.274. The topological polar surface area (TPSA) is 131 Å². The molecule has 45 heavy (non-hydrogen) atoms. The summed E-state index contributed by atoms with van der Waals surface area (Å²) < 4.78 is 98.0. The zero-order valence-corrected chi connectivity index (χ0v) is 24.4. The number of nitrogens with zero attached hydrogens (tertiary/aromatic N) is 6. The van der Waals surface area contributed by atoms with Crippen LogP contribution in [0.3, 0.4) is 0 Å². The third kappa shape index (κ3) is 7.25. The quantitative estimate of drug-likeness (QED) is 0.267. The molecule has 1 amide bonds. The molecule has 2 aromatic heterocycles. The van der Waals surface area contributed by atoms with Gasteiger partial charge in [-0.3, -0.25) is 4.79 Å². The monoisotopic (exact) mass is 651 g/mol. The average Bonchev–Trinajstić information content (AvgIpc) is 3.02. The molecule has 238 valence electrons. The third-order valence-electron chi connectivity index (χ3n) is 7.09. The zero-order chi connectivity index (χ0) is 32.4. The Morgan fingerprint density at radius 2 is 1.62 bits per heavy atom. The van der Waals surface area contributed by atoms with Gasteiger partial charge in [-0.15, -0.1) is 13.2 Å². The number of nitrogens with one attached hydrogen (secondary N) is 1. The number of anilines is 1. The van der Waals surface area contributed by atoms with E-state index in [0.717, 1.165) is 28.6 Å². The van der Waals surface area contributed by atoms with Crippen LogP contribution < -0.4 is 15.0 Å². The molecule has 0 saturated carbocycles. The summed E-state index contributed by atoms with van der Waals surface area (Å²) in [5.41, 5.74) is 0.857. The molecule has 1 fully saturated rings. The Morgan fingerprint density at radius 3 is 2.27 bits per heavy atom. The minimum absolute atomic E-state index is 0.0873. The standard InChI is InChI=1S/C28H26F5N7O4S/c1-2-27(29,30)19-5-3-18(4-6-19)15-37-26(41)22-17-39(23-16-36-24-25(38-23)35-12-11-34-24)13-14-40(22)45(42,43)21-9-7-20(8-10-21)44-28(31,32)33/h3-12,16,22H,2,13-15,17H2,1H3,(H,37,41)/t22-/m1/s1. The van der Waals surface area contributed by atoms with Crippen molar-refractivity contribution in [1.29, 1.82) is 0 Å². The van der Waals surface area contributed by atoms with Gasteiger partial charge in [-0.1, -0.05) is 31.2 Å². The second kappa shape index (κ2) is 12.5. The summed E-state index contributed by atoms with van der Waals surface area (Å²) in [6.07, 6.45) is -1.04. The van der Waals surface area contributed by atoms with Gasteiger partial charge in [0.2, 0.25) is 15.9 Å². The number of sulfonamides is 1. The lowest BCUT2D eigenvalue weighted by Gasteiger charge is -2.40. The van der Waals surface area contributed by atoms with Crippen molar-refractivity contribution in [1.82, 2.24) is 29.6 Å². The number of hydrogen-bond donors (Lipinski definition) is 1. The molecule has 4 aromatic rings. The predicted molar refractivity (Wildman–Crippen MR) is 151 cm³/mol. The van der Waals surface area contributed by atoms with Crippen LogP contribution in [0.2, 0.25) is 0 Å². The number of amides is 1. The summed E-state index contributed by atoms with van der Waals surface area (Å²) in [5.74, 6) is -3.99. The number of alkyl halides is 5. The van der Waals surface area contributed by atoms with Gasteiger partial charge < -0.3 is 15.0 Å². The van der Waals surface area contributed by atoms with Gasteiger partial charge in [-0.2, -0.15) is 4.31 Å². The van der Waals surface area contributed by atoms with Crippen LogP contribution in [0.1, 0.15) is 24.5 Å². The first-order valence-electron chi connectivity index (χ1n) is 13.6. The molecule has 1 aliphatic rings. The molecule has 1 N–H and O–H groups in total. The number of piperazine rings is 1. The van der Waals surface area contributed by atoms with Crippen molar-refractivity contribution in [2.75, 3.05) is 24.5 Å². The molecule has 5 rings (SSSR count). The number of benzene rings is 2. The summed E-state index contributed by atoms with van der Waals surface area (Å²) in [6, 6.07) is 7.73. The molecule has 3 heterocycles. The summed E-state index contributed by atoms with van der Waals surface area (Å²) in [7, 11) is -4.40. The van der Waals surface area contributed by atoms with Crippen LogP contribution in [-0.4, -0.2) is 70.6 Å². The Morgan fingerprint density at radius 1 is 0.956 bits per heavy atom. The average molecular weight is 652 g/mol. The molecule has 0 aliphatic carbocycles. The molecule has 0 bridgehead atoms. The normalized spacial score (nSPS) is 16.5. The van der Waals surface area contributed by atoms with Crippen LogP contribution in [0.5, 0.6) is 5.75 Å². The number of fused-ring (bicyclic) bond motifs is 1. The highest BCUT2D eigenvalue weighted by Gasteiger charge is 2.41.